The number of likely N-dealkylation sites (tertiary alicyclic amines) is 1. The number of aromatic nitrogens is 1. The van der Waals surface area contributed by atoms with E-state index in [9.17, 15) is 23.1 Å². The number of carbonyl (C=O) groups is 1. The van der Waals surface area contributed by atoms with Crippen molar-refractivity contribution in [2.45, 2.75) is 32.0 Å². The summed E-state index contributed by atoms with van der Waals surface area (Å²) < 4.78 is 38.9. The van der Waals surface area contributed by atoms with Crippen molar-refractivity contribution < 1.29 is 23.1 Å². The molecule has 0 bridgehead atoms. The lowest BCUT2D eigenvalue weighted by molar-refractivity contribution is -0.144. The third-order valence-electron chi connectivity index (χ3n) is 7.17. The van der Waals surface area contributed by atoms with Crippen LogP contribution in [-0.4, -0.2) is 46.0 Å². The maximum absolute atomic E-state index is 13.0. The molecule has 0 aliphatic carbocycles. The van der Waals surface area contributed by atoms with Gasteiger partial charge in [0.25, 0.3) is 0 Å². The van der Waals surface area contributed by atoms with E-state index in [2.05, 4.69) is 4.98 Å². The second-order valence-electron chi connectivity index (χ2n) is 9.64. The number of benzene rings is 2. The van der Waals surface area contributed by atoms with Gasteiger partial charge in [-0.1, -0.05) is 29.8 Å². The molecule has 202 valence electrons. The van der Waals surface area contributed by atoms with Crippen LogP contribution in [0.25, 0.3) is 10.9 Å². The summed E-state index contributed by atoms with van der Waals surface area (Å²) in [7, 11) is 1.56. The highest BCUT2D eigenvalue weighted by atomic mass is 35.5. The van der Waals surface area contributed by atoms with Gasteiger partial charge in [0.05, 0.1) is 21.8 Å². The topological polar surface area (TPSA) is 109 Å². The zero-order valence-electron chi connectivity index (χ0n) is 21.2. The zero-order valence-corrected chi connectivity index (χ0v) is 21.9. The minimum Gasteiger partial charge on any atom is -0.403 e. The van der Waals surface area contributed by atoms with E-state index in [4.69, 9.17) is 23.2 Å². The lowest BCUT2D eigenvalue weighted by Gasteiger charge is -2.49. The van der Waals surface area contributed by atoms with Gasteiger partial charge in [-0.25, -0.2) is 5.84 Å². The second-order valence-corrected chi connectivity index (χ2v) is 10.0. The van der Waals surface area contributed by atoms with Crippen LogP contribution in [0.5, 0.6) is 0 Å². The summed E-state index contributed by atoms with van der Waals surface area (Å²) in [5.74, 6) is 5.55. The monoisotopic (exact) mass is 547 g/mol. The number of hydrogen-bond donors (Lipinski definition) is 3. The number of nitrogens with two attached hydrogens (primary N) is 2. The van der Waals surface area contributed by atoms with Gasteiger partial charge < -0.3 is 20.7 Å². The number of nitrogens with zero attached hydrogens (tertiary/aromatic N) is 3. The summed E-state index contributed by atoms with van der Waals surface area (Å²) >= 11 is 6.86. The Morgan fingerprint density at radius 1 is 1.21 bits per heavy atom. The average molecular weight is 548 g/mol. The van der Waals surface area contributed by atoms with Crippen LogP contribution in [0.2, 0.25) is 5.02 Å². The van der Waals surface area contributed by atoms with E-state index in [0.717, 1.165) is 12.1 Å². The van der Waals surface area contributed by atoms with Gasteiger partial charge in [0.1, 0.15) is 5.60 Å². The van der Waals surface area contributed by atoms with Gasteiger partial charge >= 0.3 is 6.18 Å². The first-order valence-corrected chi connectivity index (χ1v) is 12.3. The molecule has 7 nitrogen and oxygen atoms in total. The largest absolute Gasteiger partial charge is 0.416 e. The number of pyridine rings is 1. The van der Waals surface area contributed by atoms with E-state index in [0.29, 0.717) is 51.4 Å². The Bertz CT molecular complexity index is 1400. The van der Waals surface area contributed by atoms with Crippen molar-refractivity contribution in [1.29, 1.82) is 0 Å². The molecule has 4 rings (SSSR count). The van der Waals surface area contributed by atoms with Crippen LogP contribution in [0.15, 0.2) is 54.4 Å². The number of alkyl halides is 3. The molecule has 0 spiro atoms. The summed E-state index contributed by atoms with van der Waals surface area (Å²) in [5.41, 5.74) is 6.81. The number of rotatable bonds is 6. The van der Waals surface area contributed by atoms with E-state index in [1.807, 2.05) is 0 Å². The molecule has 1 aliphatic heterocycles. The highest BCUT2D eigenvalue weighted by Crippen LogP contribution is 2.43. The minimum atomic E-state index is -4.42. The van der Waals surface area contributed by atoms with Crippen molar-refractivity contribution in [2.75, 3.05) is 20.1 Å². The number of fused-ring (bicyclic) bond motifs is 1. The third-order valence-corrected chi connectivity index (χ3v) is 7.60. The highest BCUT2D eigenvalue weighted by molar-refractivity contribution is 6.36. The molecule has 1 atom stereocenters. The van der Waals surface area contributed by atoms with Crippen LogP contribution < -0.4 is 11.6 Å². The summed E-state index contributed by atoms with van der Waals surface area (Å²) in [5, 5.41) is 14.3. The molecule has 1 fully saturated rings. The molecule has 1 amide bonds. The zero-order chi connectivity index (χ0) is 28.0. The molecule has 5 N–H and O–H groups in total. The summed E-state index contributed by atoms with van der Waals surface area (Å²) in [6, 6.07) is 10.1. The molecule has 2 aromatic carbocycles. The average Bonchev–Trinajstić information content (AvgIpc) is 2.80. The maximum atomic E-state index is 13.0. The van der Waals surface area contributed by atoms with Crippen molar-refractivity contribution >= 4 is 28.4 Å². The Balaban J connectivity index is 1.78. The highest BCUT2D eigenvalue weighted by Gasteiger charge is 2.49. The minimum absolute atomic E-state index is 0.0999. The maximum Gasteiger partial charge on any atom is 0.416 e. The summed E-state index contributed by atoms with van der Waals surface area (Å²) in [4.78, 5) is 18.1. The summed E-state index contributed by atoms with van der Waals surface area (Å²) in [6.07, 6.45) is -2.90. The van der Waals surface area contributed by atoms with Gasteiger partial charge in [-0.2, -0.15) is 13.2 Å². The lowest BCUT2D eigenvalue weighted by Crippen LogP contribution is -2.60. The SMILES string of the molecule is CC(=O)N1CC(C(O)(/C(=C/N)N(C)N)c2ccc3nc(C)c(Cc4ccc(C(F)(F)F)cc4)c(Cl)c3c2)C1. The fourth-order valence-corrected chi connectivity index (χ4v) is 5.30. The number of aryl methyl sites for hydroxylation is 1. The Hall–Kier alpha value is -3.34. The lowest BCUT2D eigenvalue weighted by atomic mass is 9.74. The molecule has 2 heterocycles. The molecule has 11 heteroatoms. The van der Waals surface area contributed by atoms with Gasteiger partial charge in [-0.15, -0.1) is 0 Å². The smallest absolute Gasteiger partial charge is 0.403 e. The number of hydrazine groups is 1. The van der Waals surface area contributed by atoms with Crippen LogP contribution in [0.4, 0.5) is 13.2 Å². The predicted molar refractivity (Wildman–Crippen MR) is 140 cm³/mol. The van der Waals surface area contributed by atoms with E-state index in [-0.39, 0.29) is 23.9 Å². The fourth-order valence-electron chi connectivity index (χ4n) is 4.94. The van der Waals surface area contributed by atoms with Gasteiger partial charge in [-0.3, -0.25) is 9.78 Å². The number of halogens is 4. The van der Waals surface area contributed by atoms with Crippen LogP contribution >= 0.6 is 11.6 Å². The Kier molecular flexibility index (Phi) is 7.35. The van der Waals surface area contributed by atoms with Crippen LogP contribution in [0, 0.1) is 12.8 Å². The fraction of sp³-hybridized carbons (Fsp3) is 0.333. The van der Waals surface area contributed by atoms with Crippen LogP contribution in [0.1, 0.15) is 34.9 Å². The third kappa shape index (κ3) is 4.91. The Morgan fingerprint density at radius 3 is 2.34 bits per heavy atom. The first-order valence-electron chi connectivity index (χ1n) is 11.9. The number of amides is 1. The Labute approximate surface area is 223 Å². The van der Waals surface area contributed by atoms with Gasteiger partial charge in [-0.05, 0) is 47.9 Å². The first kappa shape index (κ1) is 27.7. The number of likely N-dealkylation sites (N-methyl/N-ethyl adjacent to an activating group) is 1. The molecular formula is C27H29ClF3N5O2. The normalized spacial score (nSPS) is 16.3. The molecular weight excluding hydrogens is 519 g/mol. The molecule has 1 saturated heterocycles. The number of aliphatic hydroxyl groups is 1. The van der Waals surface area contributed by atoms with E-state index >= 15 is 0 Å². The quantitative estimate of drug-likeness (QED) is 0.317. The van der Waals surface area contributed by atoms with Gasteiger partial charge in [0.15, 0.2) is 0 Å². The van der Waals surface area contributed by atoms with Crippen molar-refractivity contribution in [3.05, 3.63) is 87.3 Å². The van der Waals surface area contributed by atoms with E-state index in [1.54, 1.807) is 37.1 Å². The molecule has 1 aliphatic rings. The van der Waals surface area contributed by atoms with Crippen LogP contribution in [-0.2, 0) is 23.0 Å². The number of hydrogen-bond acceptors (Lipinski definition) is 6. The Morgan fingerprint density at radius 2 is 1.82 bits per heavy atom. The molecule has 38 heavy (non-hydrogen) atoms. The van der Waals surface area contributed by atoms with Gasteiger partial charge in [0.2, 0.25) is 5.91 Å². The number of carbonyl (C=O) groups excluding carboxylic acids is 1. The van der Waals surface area contributed by atoms with Gasteiger partial charge in [0, 0.05) is 56.7 Å². The second kappa shape index (κ2) is 10.1. The van der Waals surface area contributed by atoms with E-state index < -0.39 is 17.3 Å². The van der Waals surface area contributed by atoms with E-state index in [1.165, 1.54) is 30.3 Å². The molecule has 1 unspecified atom stereocenters. The molecule has 3 aromatic rings. The van der Waals surface area contributed by atoms with Crippen molar-refractivity contribution in [2.24, 2.45) is 17.5 Å². The molecule has 1 aromatic heterocycles. The molecule has 0 radical (unpaired) electrons. The van der Waals surface area contributed by atoms with Crippen molar-refractivity contribution in [3.63, 3.8) is 0 Å². The van der Waals surface area contributed by atoms with Crippen LogP contribution in [0.3, 0.4) is 0 Å². The summed E-state index contributed by atoms with van der Waals surface area (Å²) in [6.45, 7) is 3.88. The van der Waals surface area contributed by atoms with Crippen molar-refractivity contribution in [3.8, 4) is 0 Å². The van der Waals surface area contributed by atoms with Crippen molar-refractivity contribution in [1.82, 2.24) is 14.9 Å². The standard InChI is InChI=1S/C27H29ClF3N5O2/c1-15-21(10-17-4-6-18(7-5-17)27(29,30)31)25(28)22-11-19(8-9-23(22)34-15)26(38,24(12-32)35(3)33)20-13-36(14-20)16(2)37/h4-9,11-12,20,38H,10,13-14,32-33H2,1-3H3/b24-12-. The first-order chi connectivity index (χ1) is 17.8. The predicted octanol–water partition coefficient (Wildman–Crippen LogP) is 4.08. The molecule has 0 saturated carbocycles.